The van der Waals surface area contributed by atoms with Gasteiger partial charge >= 0.3 is 0 Å². The summed E-state index contributed by atoms with van der Waals surface area (Å²) in [5.74, 6) is 0.846. The summed E-state index contributed by atoms with van der Waals surface area (Å²) in [6, 6.07) is 18.2. The van der Waals surface area contributed by atoms with Crippen molar-refractivity contribution < 1.29 is 9.84 Å². The minimum atomic E-state index is 0.159. The summed E-state index contributed by atoms with van der Waals surface area (Å²) in [6.07, 6.45) is 2.72. The minimum absolute atomic E-state index is 0.159. The standard InChI is InChI=1S/C17H18O2/c1-19-16-11-9-15(10-12-16)17(8-5-13-18)14-6-3-2-4-7-14/h2-4,6-12,18H,5,13H2,1H3/b17-8-. The van der Waals surface area contributed by atoms with Gasteiger partial charge in [0.25, 0.3) is 0 Å². The van der Waals surface area contributed by atoms with E-state index in [1.54, 1.807) is 7.11 Å². The molecule has 0 amide bonds. The molecule has 0 spiro atoms. The Morgan fingerprint density at radius 1 is 1.00 bits per heavy atom. The Hall–Kier alpha value is -2.06. The second kappa shape index (κ2) is 6.76. The number of rotatable bonds is 5. The Balaban J connectivity index is 2.37. The van der Waals surface area contributed by atoms with E-state index in [2.05, 4.69) is 18.2 Å². The number of ether oxygens (including phenoxy) is 1. The Morgan fingerprint density at radius 2 is 1.63 bits per heavy atom. The fraction of sp³-hybridized carbons (Fsp3) is 0.176. The SMILES string of the molecule is COc1ccc(/C(=C\CCO)c2ccccc2)cc1. The molecule has 0 heterocycles. The van der Waals surface area contributed by atoms with Crippen molar-refractivity contribution in [3.8, 4) is 5.75 Å². The summed E-state index contributed by atoms with van der Waals surface area (Å²) in [6.45, 7) is 0.159. The van der Waals surface area contributed by atoms with Gasteiger partial charge in [-0.05, 0) is 35.3 Å². The van der Waals surface area contributed by atoms with Gasteiger partial charge in [0.2, 0.25) is 0 Å². The van der Waals surface area contributed by atoms with Crippen molar-refractivity contribution in [1.82, 2.24) is 0 Å². The van der Waals surface area contributed by atoms with Gasteiger partial charge in [0.15, 0.2) is 0 Å². The predicted octanol–water partition coefficient (Wildman–Crippen LogP) is 3.51. The molecular formula is C17H18O2. The highest BCUT2D eigenvalue weighted by Crippen LogP contribution is 2.25. The second-order valence-electron chi connectivity index (χ2n) is 4.22. The number of methoxy groups -OCH3 is 1. The van der Waals surface area contributed by atoms with Crippen LogP contribution in [0.5, 0.6) is 5.75 Å². The third-order valence-corrected chi connectivity index (χ3v) is 2.96. The second-order valence-corrected chi connectivity index (χ2v) is 4.22. The first-order chi connectivity index (χ1) is 9.35. The molecule has 0 saturated heterocycles. The van der Waals surface area contributed by atoms with Crippen molar-refractivity contribution in [3.63, 3.8) is 0 Å². The van der Waals surface area contributed by atoms with Crippen LogP contribution in [-0.2, 0) is 0 Å². The maximum atomic E-state index is 9.03. The van der Waals surface area contributed by atoms with Crippen molar-refractivity contribution in [2.24, 2.45) is 0 Å². The van der Waals surface area contributed by atoms with Gasteiger partial charge in [0, 0.05) is 6.61 Å². The smallest absolute Gasteiger partial charge is 0.118 e. The van der Waals surface area contributed by atoms with E-state index in [4.69, 9.17) is 9.84 Å². The Labute approximate surface area is 114 Å². The molecule has 0 saturated carbocycles. The molecule has 0 aliphatic rings. The Kier molecular flexibility index (Phi) is 4.76. The van der Waals surface area contributed by atoms with Crippen LogP contribution in [0.3, 0.4) is 0 Å². The highest BCUT2D eigenvalue weighted by Gasteiger charge is 2.04. The van der Waals surface area contributed by atoms with Gasteiger partial charge < -0.3 is 9.84 Å². The molecule has 0 bridgehead atoms. The monoisotopic (exact) mass is 254 g/mol. The zero-order chi connectivity index (χ0) is 13.5. The van der Waals surface area contributed by atoms with E-state index in [0.717, 1.165) is 22.4 Å². The summed E-state index contributed by atoms with van der Waals surface area (Å²) in [7, 11) is 1.66. The summed E-state index contributed by atoms with van der Waals surface area (Å²) in [5, 5.41) is 9.03. The van der Waals surface area contributed by atoms with E-state index in [9.17, 15) is 0 Å². The highest BCUT2D eigenvalue weighted by molar-refractivity contribution is 5.79. The van der Waals surface area contributed by atoms with Gasteiger partial charge in [-0.1, -0.05) is 48.5 Å². The number of aliphatic hydroxyl groups is 1. The van der Waals surface area contributed by atoms with Crippen molar-refractivity contribution in [3.05, 3.63) is 71.8 Å². The molecule has 0 aliphatic heterocycles. The number of hydrogen-bond acceptors (Lipinski definition) is 2. The van der Waals surface area contributed by atoms with E-state index in [-0.39, 0.29) is 6.61 Å². The molecule has 0 unspecified atom stereocenters. The maximum absolute atomic E-state index is 9.03. The molecule has 2 aromatic rings. The molecule has 0 radical (unpaired) electrons. The quantitative estimate of drug-likeness (QED) is 0.884. The number of aliphatic hydroxyl groups excluding tert-OH is 1. The molecular weight excluding hydrogens is 236 g/mol. The van der Waals surface area contributed by atoms with E-state index in [1.807, 2.05) is 42.5 Å². The van der Waals surface area contributed by atoms with Gasteiger partial charge in [0.05, 0.1) is 7.11 Å². The average molecular weight is 254 g/mol. The topological polar surface area (TPSA) is 29.5 Å². The number of hydrogen-bond donors (Lipinski definition) is 1. The zero-order valence-electron chi connectivity index (χ0n) is 11.0. The lowest BCUT2D eigenvalue weighted by molar-refractivity contribution is 0.303. The van der Waals surface area contributed by atoms with Crippen LogP contribution in [0.25, 0.3) is 5.57 Å². The molecule has 2 aromatic carbocycles. The van der Waals surface area contributed by atoms with Gasteiger partial charge in [-0.3, -0.25) is 0 Å². The fourth-order valence-electron chi connectivity index (χ4n) is 2.00. The third-order valence-electron chi connectivity index (χ3n) is 2.96. The summed E-state index contributed by atoms with van der Waals surface area (Å²) < 4.78 is 5.18. The minimum Gasteiger partial charge on any atom is -0.497 e. The molecule has 0 aromatic heterocycles. The van der Waals surface area contributed by atoms with Crippen LogP contribution in [0.2, 0.25) is 0 Å². The summed E-state index contributed by atoms with van der Waals surface area (Å²) in [4.78, 5) is 0. The molecule has 0 fully saturated rings. The van der Waals surface area contributed by atoms with E-state index >= 15 is 0 Å². The van der Waals surface area contributed by atoms with Crippen molar-refractivity contribution in [1.29, 1.82) is 0 Å². The first-order valence-corrected chi connectivity index (χ1v) is 6.36. The van der Waals surface area contributed by atoms with Crippen molar-refractivity contribution >= 4 is 5.57 Å². The molecule has 2 rings (SSSR count). The Morgan fingerprint density at radius 3 is 2.21 bits per heavy atom. The van der Waals surface area contributed by atoms with Gasteiger partial charge in [-0.25, -0.2) is 0 Å². The maximum Gasteiger partial charge on any atom is 0.118 e. The van der Waals surface area contributed by atoms with Crippen LogP contribution in [0.1, 0.15) is 17.5 Å². The highest BCUT2D eigenvalue weighted by atomic mass is 16.5. The Bertz CT molecular complexity index is 527. The van der Waals surface area contributed by atoms with E-state index in [0.29, 0.717) is 6.42 Å². The number of benzene rings is 2. The molecule has 2 heteroatoms. The molecule has 98 valence electrons. The fourth-order valence-corrected chi connectivity index (χ4v) is 2.00. The van der Waals surface area contributed by atoms with Crippen LogP contribution in [-0.4, -0.2) is 18.8 Å². The lowest BCUT2D eigenvalue weighted by Gasteiger charge is -2.09. The van der Waals surface area contributed by atoms with Crippen LogP contribution in [0.4, 0.5) is 0 Å². The lowest BCUT2D eigenvalue weighted by atomic mass is 9.97. The van der Waals surface area contributed by atoms with Gasteiger partial charge in [-0.15, -0.1) is 0 Å². The first kappa shape index (κ1) is 13.4. The van der Waals surface area contributed by atoms with Gasteiger partial charge in [-0.2, -0.15) is 0 Å². The lowest BCUT2D eigenvalue weighted by Crippen LogP contribution is -1.90. The molecule has 19 heavy (non-hydrogen) atoms. The van der Waals surface area contributed by atoms with E-state index < -0.39 is 0 Å². The largest absolute Gasteiger partial charge is 0.497 e. The van der Waals surface area contributed by atoms with Crippen LogP contribution < -0.4 is 4.74 Å². The normalized spacial score (nSPS) is 11.4. The van der Waals surface area contributed by atoms with Gasteiger partial charge in [0.1, 0.15) is 5.75 Å². The van der Waals surface area contributed by atoms with Crippen LogP contribution in [0, 0.1) is 0 Å². The summed E-state index contributed by atoms with van der Waals surface area (Å²) in [5.41, 5.74) is 3.42. The van der Waals surface area contributed by atoms with E-state index in [1.165, 1.54) is 0 Å². The van der Waals surface area contributed by atoms with Crippen molar-refractivity contribution in [2.45, 2.75) is 6.42 Å². The molecule has 0 atom stereocenters. The molecule has 2 nitrogen and oxygen atoms in total. The van der Waals surface area contributed by atoms with Crippen LogP contribution in [0.15, 0.2) is 60.7 Å². The average Bonchev–Trinajstić information content (AvgIpc) is 2.49. The van der Waals surface area contributed by atoms with Crippen LogP contribution >= 0.6 is 0 Å². The molecule has 1 N–H and O–H groups in total. The zero-order valence-corrected chi connectivity index (χ0v) is 11.0. The van der Waals surface area contributed by atoms with Crippen molar-refractivity contribution in [2.75, 3.05) is 13.7 Å². The first-order valence-electron chi connectivity index (χ1n) is 6.36. The molecule has 0 aliphatic carbocycles. The predicted molar refractivity (Wildman–Crippen MR) is 78.2 cm³/mol. The summed E-state index contributed by atoms with van der Waals surface area (Å²) >= 11 is 0. The third kappa shape index (κ3) is 3.46.